The quantitative estimate of drug-likeness (QED) is 0.783. The van der Waals surface area contributed by atoms with Crippen molar-refractivity contribution in [3.63, 3.8) is 0 Å². The molecule has 7 heteroatoms. The first-order chi connectivity index (χ1) is 9.85. The van der Waals surface area contributed by atoms with Crippen LogP contribution in [-0.2, 0) is 0 Å². The Kier molecular flexibility index (Phi) is 4.72. The van der Waals surface area contributed by atoms with Crippen molar-refractivity contribution in [2.75, 3.05) is 26.2 Å². The zero-order chi connectivity index (χ0) is 15.6. The lowest BCUT2D eigenvalue weighted by atomic mass is 10.0. The summed E-state index contributed by atoms with van der Waals surface area (Å²) < 4.78 is 0. The highest BCUT2D eigenvalue weighted by molar-refractivity contribution is 6.34. The van der Waals surface area contributed by atoms with Gasteiger partial charge >= 0.3 is 0 Å². The van der Waals surface area contributed by atoms with E-state index in [2.05, 4.69) is 16.0 Å². The van der Waals surface area contributed by atoms with Gasteiger partial charge in [-0.1, -0.05) is 23.2 Å². The molecule has 1 aliphatic heterocycles. The Morgan fingerprint density at radius 2 is 1.90 bits per heavy atom. The largest absolute Gasteiger partial charge is 0.336 e. The summed E-state index contributed by atoms with van der Waals surface area (Å²) in [5.41, 5.74) is -0.164. The van der Waals surface area contributed by atoms with Gasteiger partial charge in [0.15, 0.2) is 0 Å². The SMILES string of the molecule is CC(C)(C#N)N1CCN(C(=O)c2ccc(Cl)nc2Cl)CC1. The summed E-state index contributed by atoms with van der Waals surface area (Å²) in [7, 11) is 0. The molecule has 21 heavy (non-hydrogen) atoms. The number of amides is 1. The van der Waals surface area contributed by atoms with Crippen molar-refractivity contribution >= 4 is 29.1 Å². The Morgan fingerprint density at radius 3 is 2.43 bits per heavy atom. The first kappa shape index (κ1) is 16.0. The van der Waals surface area contributed by atoms with Gasteiger partial charge in [-0.25, -0.2) is 4.98 Å². The number of hydrogen-bond donors (Lipinski definition) is 0. The van der Waals surface area contributed by atoms with Crippen LogP contribution in [0, 0.1) is 11.3 Å². The van der Waals surface area contributed by atoms with Crippen LogP contribution in [0.15, 0.2) is 12.1 Å². The number of rotatable bonds is 2. The second-order valence-electron chi connectivity index (χ2n) is 5.42. The minimum Gasteiger partial charge on any atom is -0.336 e. The van der Waals surface area contributed by atoms with Gasteiger partial charge in [0.1, 0.15) is 15.8 Å². The third kappa shape index (κ3) is 3.46. The van der Waals surface area contributed by atoms with Crippen LogP contribution >= 0.6 is 23.2 Å². The van der Waals surface area contributed by atoms with Gasteiger partial charge in [-0.2, -0.15) is 5.26 Å². The average molecular weight is 327 g/mol. The molecule has 1 aliphatic rings. The number of halogens is 2. The number of hydrogen-bond acceptors (Lipinski definition) is 4. The number of nitrogens with zero attached hydrogens (tertiary/aromatic N) is 4. The van der Waals surface area contributed by atoms with Crippen molar-refractivity contribution in [1.29, 1.82) is 5.26 Å². The number of aromatic nitrogens is 1. The maximum Gasteiger partial charge on any atom is 0.257 e. The van der Waals surface area contributed by atoms with Crippen LogP contribution in [0.25, 0.3) is 0 Å². The minimum atomic E-state index is -0.519. The molecule has 5 nitrogen and oxygen atoms in total. The molecule has 0 aliphatic carbocycles. The Hall–Kier alpha value is -1.35. The van der Waals surface area contributed by atoms with E-state index in [0.29, 0.717) is 31.7 Å². The van der Waals surface area contributed by atoms with Crippen molar-refractivity contribution in [3.05, 3.63) is 28.0 Å². The Labute approximate surface area is 134 Å². The predicted molar refractivity (Wildman–Crippen MR) is 81.4 cm³/mol. The van der Waals surface area contributed by atoms with E-state index in [1.54, 1.807) is 17.0 Å². The first-order valence-electron chi connectivity index (χ1n) is 6.63. The van der Waals surface area contributed by atoms with Gasteiger partial charge in [0, 0.05) is 26.2 Å². The van der Waals surface area contributed by atoms with Crippen molar-refractivity contribution in [2.24, 2.45) is 0 Å². The van der Waals surface area contributed by atoms with Crippen molar-refractivity contribution in [3.8, 4) is 6.07 Å². The van der Waals surface area contributed by atoms with E-state index in [1.807, 2.05) is 13.8 Å². The maximum absolute atomic E-state index is 12.4. The molecule has 0 atom stereocenters. The monoisotopic (exact) mass is 326 g/mol. The Morgan fingerprint density at radius 1 is 1.29 bits per heavy atom. The van der Waals surface area contributed by atoms with Gasteiger partial charge < -0.3 is 4.90 Å². The second-order valence-corrected chi connectivity index (χ2v) is 6.17. The fourth-order valence-corrected chi connectivity index (χ4v) is 2.71. The molecule has 0 radical (unpaired) electrons. The lowest BCUT2D eigenvalue weighted by molar-refractivity contribution is 0.0520. The zero-order valence-electron chi connectivity index (χ0n) is 11.9. The third-order valence-corrected chi connectivity index (χ3v) is 4.17. The van der Waals surface area contributed by atoms with E-state index in [-0.39, 0.29) is 16.2 Å². The van der Waals surface area contributed by atoms with Crippen molar-refractivity contribution in [1.82, 2.24) is 14.8 Å². The summed E-state index contributed by atoms with van der Waals surface area (Å²) >= 11 is 11.7. The molecule has 1 amide bonds. The minimum absolute atomic E-state index is 0.118. The molecule has 0 spiro atoms. The van der Waals surface area contributed by atoms with Crippen LogP contribution < -0.4 is 0 Å². The molecular weight excluding hydrogens is 311 g/mol. The van der Waals surface area contributed by atoms with Gasteiger partial charge in [-0.3, -0.25) is 9.69 Å². The van der Waals surface area contributed by atoms with Crippen LogP contribution in [0.2, 0.25) is 10.3 Å². The second kappa shape index (κ2) is 6.18. The van der Waals surface area contributed by atoms with Crippen LogP contribution in [0.3, 0.4) is 0 Å². The Balaban J connectivity index is 2.06. The van der Waals surface area contributed by atoms with E-state index >= 15 is 0 Å². The van der Waals surface area contributed by atoms with Gasteiger partial charge in [0.2, 0.25) is 0 Å². The molecule has 0 saturated carbocycles. The summed E-state index contributed by atoms with van der Waals surface area (Å²) in [6, 6.07) is 5.42. The summed E-state index contributed by atoms with van der Waals surface area (Å²) in [6.45, 7) is 6.19. The lowest BCUT2D eigenvalue weighted by Gasteiger charge is -2.40. The van der Waals surface area contributed by atoms with E-state index in [0.717, 1.165) is 0 Å². The molecule has 0 unspecified atom stereocenters. The normalized spacial score (nSPS) is 16.6. The van der Waals surface area contributed by atoms with Gasteiger partial charge in [-0.05, 0) is 26.0 Å². The number of nitriles is 1. The molecule has 0 N–H and O–H groups in total. The van der Waals surface area contributed by atoms with Gasteiger partial charge in [-0.15, -0.1) is 0 Å². The highest BCUT2D eigenvalue weighted by Gasteiger charge is 2.31. The number of carbonyl (C=O) groups excluding carboxylic acids is 1. The molecule has 0 aromatic carbocycles. The topological polar surface area (TPSA) is 60.2 Å². The highest BCUT2D eigenvalue weighted by Crippen LogP contribution is 2.21. The lowest BCUT2D eigenvalue weighted by Crippen LogP contribution is -2.55. The molecule has 1 aromatic heterocycles. The molecular formula is C14H16Cl2N4O. The third-order valence-electron chi connectivity index (χ3n) is 3.68. The van der Waals surface area contributed by atoms with Gasteiger partial charge in [0.05, 0.1) is 11.6 Å². The number of piperazine rings is 1. The summed E-state index contributed by atoms with van der Waals surface area (Å²) in [5, 5.41) is 9.53. The number of pyridine rings is 1. The molecule has 1 fully saturated rings. The van der Waals surface area contributed by atoms with E-state index in [9.17, 15) is 4.79 Å². The first-order valence-corrected chi connectivity index (χ1v) is 7.38. The summed E-state index contributed by atoms with van der Waals surface area (Å²) in [4.78, 5) is 20.1. The van der Waals surface area contributed by atoms with E-state index < -0.39 is 5.54 Å². The van der Waals surface area contributed by atoms with Crippen LogP contribution in [0.4, 0.5) is 0 Å². The molecule has 1 saturated heterocycles. The Bertz CT molecular complexity index is 589. The van der Waals surface area contributed by atoms with Crippen LogP contribution in [0.1, 0.15) is 24.2 Å². The average Bonchev–Trinajstić information content (AvgIpc) is 2.47. The maximum atomic E-state index is 12.4. The molecule has 2 rings (SSSR count). The summed E-state index contributed by atoms with van der Waals surface area (Å²) in [6.07, 6.45) is 0. The van der Waals surface area contributed by atoms with Crippen LogP contribution in [0.5, 0.6) is 0 Å². The predicted octanol–water partition coefficient (Wildman–Crippen LogP) is 2.45. The van der Waals surface area contributed by atoms with Gasteiger partial charge in [0.25, 0.3) is 5.91 Å². The molecule has 1 aromatic rings. The standard InChI is InChI=1S/C14H16Cl2N4O/c1-14(2,9-17)20-7-5-19(6-8-20)13(21)10-3-4-11(15)18-12(10)16/h3-4H,5-8H2,1-2H3. The fraction of sp³-hybridized carbons (Fsp3) is 0.500. The highest BCUT2D eigenvalue weighted by atomic mass is 35.5. The van der Waals surface area contributed by atoms with E-state index in [4.69, 9.17) is 28.5 Å². The van der Waals surface area contributed by atoms with E-state index in [1.165, 1.54) is 0 Å². The summed E-state index contributed by atoms with van der Waals surface area (Å²) in [5.74, 6) is -0.154. The molecule has 2 heterocycles. The smallest absolute Gasteiger partial charge is 0.257 e. The van der Waals surface area contributed by atoms with Crippen molar-refractivity contribution < 1.29 is 4.79 Å². The fourth-order valence-electron chi connectivity index (χ4n) is 2.28. The number of carbonyl (C=O) groups is 1. The van der Waals surface area contributed by atoms with Crippen molar-refractivity contribution in [2.45, 2.75) is 19.4 Å². The van der Waals surface area contributed by atoms with Crippen LogP contribution in [-0.4, -0.2) is 52.4 Å². The zero-order valence-corrected chi connectivity index (χ0v) is 13.4. The molecule has 112 valence electrons. The molecule has 0 bridgehead atoms.